The highest BCUT2D eigenvalue weighted by Crippen LogP contribution is 2.19. The van der Waals surface area contributed by atoms with Crippen LogP contribution in [0.1, 0.15) is 25.1 Å². The highest BCUT2D eigenvalue weighted by Gasteiger charge is 2.28. The topological polar surface area (TPSA) is 44.1 Å². The molecule has 0 spiro atoms. The van der Waals surface area contributed by atoms with E-state index in [9.17, 15) is 4.79 Å². The Hall–Kier alpha value is -1.32. The largest absolute Gasteiger partial charge is 0.464 e. The van der Waals surface area contributed by atoms with Crippen LogP contribution in [-0.4, -0.2) is 22.4 Å². The van der Waals surface area contributed by atoms with Crippen LogP contribution >= 0.6 is 0 Å². The van der Waals surface area contributed by atoms with Gasteiger partial charge in [0.1, 0.15) is 0 Å². The molecular formula is C9H12N2O2. The minimum absolute atomic E-state index is 0.161. The van der Waals surface area contributed by atoms with Crippen molar-refractivity contribution >= 4 is 5.97 Å². The van der Waals surface area contributed by atoms with Crippen LogP contribution in [0.2, 0.25) is 0 Å². The van der Waals surface area contributed by atoms with E-state index in [1.165, 1.54) is 0 Å². The average molecular weight is 180 g/mol. The molecule has 0 radical (unpaired) electrons. The second-order valence-corrected chi connectivity index (χ2v) is 3.11. The molecule has 0 aromatic carbocycles. The molecule has 2 rings (SSSR count). The number of esters is 1. The van der Waals surface area contributed by atoms with Crippen molar-refractivity contribution in [2.24, 2.45) is 0 Å². The lowest BCUT2D eigenvalue weighted by atomic mass is 10.3. The number of aryl methyl sites for hydroxylation is 1. The number of cyclic esters (lactones) is 1. The van der Waals surface area contributed by atoms with Crippen molar-refractivity contribution in [3.05, 3.63) is 18.0 Å². The molecule has 0 bridgehead atoms. The Bertz CT molecular complexity index is 319. The molecule has 1 fully saturated rings. The number of rotatable bonds is 2. The third-order valence-electron chi connectivity index (χ3n) is 2.25. The van der Waals surface area contributed by atoms with Crippen LogP contribution in [0.25, 0.3) is 0 Å². The molecule has 70 valence electrons. The zero-order chi connectivity index (χ0) is 9.26. The lowest BCUT2D eigenvalue weighted by molar-refractivity contribution is -0.140. The van der Waals surface area contributed by atoms with E-state index in [4.69, 9.17) is 4.74 Å². The average Bonchev–Trinajstić information content (AvgIpc) is 2.71. The Morgan fingerprint density at radius 3 is 3.15 bits per heavy atom. The van der Waals surface area contributed by atoms with Gasteiger partial charge in [0.2, 0.25) is 0 Å². The van der Waals surface area contributed by atoms with Gasteiger partial charge in [0.25, 0.3) is 0 Å². The summed E-state index contributed by atoms with van der Waals surface area (Å²) in [7, 11) is 0. The Morgan fingerprint density at radius 2 is 2.62 bits per heavy atom. The van der Waals surface area contributed by atoms with E-state index < -0.39 is 0 Å². The normalized spacial score (nSPS) is 21.9. The van der Waals surface area contributed by atoms with Gasteiger partial charge in [-0.25, -0.2) is 4.79 Å². The van der Waals surface area contributed by atoms with E-state index in [2.05, 4.69) is 5.10 Å². The first-order valence-electron chi connectivity index (χ1n) is 4.52. The van der Waals surface area contributed by atoms with Crippen LogP contribution in [0.5, 0.6) is 0 Å². The molecule has 2 heterocycles. The summed E-state index contributed by atoms with van der Waals surface area (Å²) in [5.41, 5.74) is 1.01. The van der Waals surface area contributed by atoms with Crippen molar-refractivity contribution in [1.82, 2.24) is 9.78 Å². The molecule has 1 aromatic rings. The minimum Gasteiger partial charge on any atom is -0.464 e. The standard InChI is InChI=1S/C9H12N2O2/c1-2-7-3-5-11(10-7)8-4-6-13-9(8)12/h3,5,8H,2,4,6H2,1H3. The van der Waals surface area contributed by atoms with Gasteiger partial charge in [0, 0.05) is 12.6 Å². The second kappa shape index (κ2) is 3.20. The third kappa shape index (κ3) is 1.43. The Kier molecular flexibility index (Phi) is 2.04. The minimum atomic E-state index is -0.194. The number of nitrogens with zero attached hydrogens (tertiary/aromatic N) is 2. The van der Waals surface area contributed by atoms with E-state index in [1.54, 1.807) is 4.68 Å². The Labute approximate surface area is 76.5 Å². The van der Waals surface area contributed by atoms with E-state index in [-0.39, 0.29) is 12.0 Å². The summed E-state index contributed by atoms with van der Waals surface area (Å²) < 4.78 is 6.57. The Balaban J connectivity index is 2.19. The molecule has 1 aliphatic rings. The predicted molar refractivity (Wildman–Crippen MR) is 46.2 cm³/mol. The zero-order valence-corrected chi connectivity index (χ0v) is 7.56. The van der Waals surface area contributed by atoms with Crippen LogP contribution in [-0.2, 0) is 16.0 Å². The van der Waals surface area contributed by atoms with Gasteiger partial charge in [-0.1, -0.05) is 6.92 Å². The van der Waals surface area contributed by atoms with Crippen molar-refractivity contribution in [2.75, 3.05) is 6.61 Å². The van der Waals surface area contributed by atoms with Crippen LogP contribution in [0, 0.1) is 0 Å². The van der Waals surface area contributed by atoms with Crippen molar-refractivity contribution in [3.8, 4) is 0 Å². The Morgan fingerprint density at radius 1 is 1.77 bits per heavy atom. The molecule has 1 saturated heterocycles. The highest BCUT2D eigenvalue weighted by atomic mass is 16.5. The van der Waals surface area contributed by atoms with Gasteiger partial charge in [-0.15, -0.1) is 0 Å². The van der Waals surface area contributed by atoms with E-state index >= 15 is 0 Å². The van der Waals surface area contributed by atoms with Crippen LogP contribution in [0.15, 0.2) is 12.3 Å². The van der Waals surface area contributed by atoms with Crippen molar-refractivity contribution < 1.29 is 9.53 Å². The summed E-state index contributed by atoms with van der Waals surface area (Å²) in [6.07, 6.45) is 3.48. The number of hydrogen-bond acceptors (Lipinski definition) is 3. The molecule has 0 N–H and O–H groups in total. The first kappa shape index (κ1) is 8.29. The molecule has 0 aliphatic carbocycles. The fourth-order valence-electron chi connectivity index (χ4n) is 1.46. The molecule has 4 nitrogen and oxygen atoms in total. The third-order valence-corrected chi connectivity index (χ3v) is 2.25. The van der Waals surface area contributed by atoms with Gasteiger partial charge in [-0.2, -0.15) is 5.10 Å². The monoisotopic (exact) mass is 180 g/mol. The molecule has 13 heavy (non-hydrogen) atoms. The van der Waals surface area contributed by atoms with Crippen molar-refractivity contribution in [1.29, 1.82) is 0 Å². The van der Waals surface area contributed by atoms with Gasteiger partial charge in [0.05, 0.1) is 12.3 Å². The number of ether oxygens (including phenoxy) is 1. The van der Waals surface area contributed by atoms with Gasteiger partial charge in [-0.3, -0.25) is 4.68 Å². The molecule has 4 heteroatoms. The smallest absolute Gasteiger partial charge is 0.331 e. The molecule has 1 aromatic heterocycles. The summed E-state index contributed by atoms with van der Waals surface area (Å²) in [5, 5.41) is 4.28. The molecular weight excluding hydrogens is 168 g/mol. The van der Waals surface area contributed by atoms with Crippen LogP contribution in [0.3, 0.4) is 0 Å². The van der Waals surface area contributed by atoms with E-state index in [0.717, 1.165) is 18.5 Å². The molecule has 0 amide bonds. The van der Waals surface area contributed by atoms with E-state index in [0.29, 0.717) is 6.61 Å². The predicted octanol–water partition coefficient (Wildman–Crippen LogP) is 0.933. The molecule has 0 saturated carbocycles. The maximum atomic E-state index is 11.2. The van der Waals surface area contributed by atoms with Gasteiger partial charge < -0.3 is 4.74 Å². The maximum absolute atomic E-state index is 11.2. The molecule has 1 atom stereocenters. The van der Waals surface area contributed by atoms with Crippen LogP contribution in [0.4, 0.5) is 0 Å². The molecule has 1 aliphatic heterocycles. The van der Waals surface area contributed by atoms with Crippen molar-refractivity contribution in [2.45, 2.75) is 25.8 Å². The fourth-order valence-corrected chi connectivity index (χ4v) is 1.46. The summed E-state index contributed by atoms with van der Waals surface area (Å²) >= 11 is 0. The number of carbonyl (C=O) groups excluding carboxylic acids is 1. The highest BCUT2D eigenvalue weighted by molar-refractivity contribution is 5.75. The fraction of sp³-hybridized carbons (Fsp3) is 0.556. The quantitative estimate of drug-likeness (QED) is 0.636. The SMILES string of the molecule is CCc1ccn(C2CCOC2=O)n1. The first-order valence-corrected chi connectivity index (χ1v) is 4.52. The summed E-state index contributed by atoms with van der Waals surface area (Å²) in [6.45, 7) is 2.56. The summed E-state index contributed by atoms with van der Waals surface area (Å²) in [6, 6.07) is 1.74. The summed E-state index contributed by atoms with van der Waals surface area (Å²) in [5.74, 6) is -0.161. The lowest BCUT2D eigenvalue weighted by Gasteiger charge is -2.04. The number of hydrogen-bond donors (Lipinski definition) is 0. The summed E-state index contributed by atoms with van der Waals surface area (Å²) in [4.78, 5) is 11.2. The number of aromatic nitrogens is 2. The van der Waals surface area contributed by atoms with E-state index in [1.807, 2.05) is 19.2 Å². The van der Waals surface area contributed by atoms with Gasteiger partial charge >= 0.3 is 5.97 Å². The van der Waals surface area contributed by atoms with Crippen LogP contribution < -0.4 is 0 Å². The zero-order valence-electron chi connectivity index (χ0n) is 7.56. The van der Waals surface area contributed by atoms with Gasteiger partial charge in [0.15, 0.2) is 6.04 Å². The van der Waals surface area contributed by atoms with Gasteiger partial charge in [-0.05, 0) is 12.5 Å². The lowest BCUT2D eigenvalue weighted by Crippen LogP contribution is -2.14. The molecule has 1 unspecified atom stereocenters. The second-order valence-electron chi connectivity index (χ2n) is 3.11. The number of carbonyl (C=O) groups is 1. The first-order chi connectivity index (χ1) is 6.31. The maximum Gasteiger partial charge on any atom is 0.331 e. The van der Waals surface area contributed by atoms with Crippen molar-refractivity contribution in [3.63, 3.8) is 0 Å².